The number of ether oxygens (including phenoxy) is 1. The molecule has 0 N–H and O–H groups in total. The van der Waals surface area contributed by atoms with Crippen LogP contribution in [0.2, 0.25) is 0 Å². The van der Waals surface area contributed by atoms with Gasteiger partial charge in [0.25, 0.3) is 5.91 Å². The van der Waals surface area contributed by atoms with E-state index < -0.39 is 0 Å². The van der Waals surface area contributed by atoms with Gasteiger partial charge in [-0.1, -0.05) is 30.3 Å². The Kier molecular flexibility index (Phi) is 5.33. The molecule has 1 aromatic carbocycles. The highest BCUT2D eigenvalue weighted by molar-refractivity contribution is 7.17. The Balaban J connectivity index is 1.68. The van der Waals surface area contributed by atoms with Gasteiger partial charge in [0.1, 0.15) is 9.88 Å². The lowest BCUT2D eigenvalue weighted by atomic mass is 10.2. The molecule has 1 aliphatic rings. The van der Waals surface area contributed by atoms with Crippen molar-refractivity contribution in [1.29, 1.82) is 0 Å². The maximum atomic E-state index is 12.8. The number of carbonyl (C=O) groups excluding carboxylic acids is 2. The number of carbonyl (C=O) groups is 2. The second-order valence-electron chi connectivity index (χ2n) is 5.78. The average Bonchev–Trinajstić information content (AvgIpc) is 3.04. The van der Waals surface area contributed by atoms with Gasteiger partial charge in [0.2, 0.25) is 0 Å². The fraction of sp³-hybridized carbons (Fsp3) is 0.389. The third-order valence-electron chi connectivity index (χ3n) is 4.10. The van der Waals surface area contributed by atoms with Crippen LogP contribution in [0.25, 0.3) is 10.6 Å². The fourth-order valence-electron chi connectivity index (χ4n) is 2.75. The van der Waals surface area contributed by atoms with Crippen LogP contribution in [0.15, 0.2) is 30.3 Å². The first-order valence-electron chi connectivity index (χ1n) is 8.34. The van der Waals surface area contributed by atoms with Crippen LogP contribution in [0.5, 0.6) is 0 Å². The summed E-state index contributed by atoms with van der Waals surface area (Å²) >= 11 is 1.42. The van der Waals surface area contributed by atoms with Crippen molar-refractivity contribution in [3.63, 3.8) is 0 Å². The standard InChI is InChI=1S/C18H21N3O3S/c1-3-24-18(23)21-11-9-20(10-12-21)17(22)15-13(2)19-16(25-15)14-7-5-4-6-8-14/h4-8H,3,9-12H2,1-2H3. The van der Waals surface area contributed by atoms with Gasteiger partial charge in [0, 0.05) is 31.7 Å². The van der Waals surface area contributed by atoms with Gasteiger partial charge in [0.15, 0.2) is 0 Å². The van der Waals surface area contributed by atoms with E-state index in [9.17, 15) is 9.59 Å². The molecule has 0 unspecified atom stereocenters. The lowest BCUT2D eigenvalue weighted by Crippen LogP contribution is -2.50. The number of aromatic nitrogens is 1. The molecular formula is C18H21N3O3S. The first kappa shape index (κ1) is 17.4. The highest BCUT2D eigenvalue weighted by Gasteiger charge is 2.27. The molecule has 2 amide bonds. The molecule has 1 aromatic heterocycles. The quantitative estimate of drug-likeness (QED) is 0.845. The summed E-state index contributed by atoms with van der Waals surface area (Å²) in [7, 11) is 0. The molecule has 0 aliphatic carbocycles. The van der Waals surface area contributed by atoms with Gasteiger partial charge in [-0.3, -0.25) is 4.79 Å². The normalized spacial score (nSPS) is 14.5. The lowest BCUT2D eigenvalue weighted by Gasteiger charge is -2.33. The molecular weight excluding hydrogens is 338 g/mol. The van der Waals surface area contributed by atoms with Gasteiger partial charge in [-0.05, 0) is 13.8 Å². The molecule has 132 valence electrons. The van der Waals surface area contributed by atoms with E-state index in [1.165, 1.54) is 11.3 Å². The zero-order valence-corrected chi connectivity index (χ0v) is 15.2. The molecule has 2 aromatic rings. The van der Waals surface area contributed by atoms with Crippen LogP contribution in [0, 0.1) is 6.92 Å². The third kappa shape index (κ3) is 3.82. The number of benzene rings is 1. The minimum absolute atomic E-state index is 0.0133. The van der Waals surface area contributed by atoms with Gasteiger partial charge >= 0.3 is 6.09 Å². The molecule has 3 rings (SSSR count). The molecule has 2 heterocycles. The Bertz CT molecular complexity index is 752. The smallest absolute Gasteiger partial charge is 0.409 e. The van der Waals surface area contributed by atoms with Crippen molar-refractivity contribution in [3.8, 4) is 10.6 Å². The summed E-state index contributed by atoms with van der Waals surface area (Å²) in [6.07, 6.45) is -0.310. The van der Waals surface area contributed by atoms with E-state index in [-0.39, 0.29) is 12.0 Å². The monoisotopic (exact) mass is 359 g/mol. The molecule has 1 saturated heterocycles. The minimum Gasteiger partial charge on any atom is -0.450 e. The van der Waals surface area contributed by atoms with Crippen molar-refractivity contribution >= 4 is 23.3 Å². The molecule has 7 heteroatoms. The maximum Gasteiger partial charge on any atom is 0.409 e. The van der Waals surface area contributed by atoms with E-state index in [0.717, 1.165) is 16.3 Å². The van der Waals surface area contributed by atoms with E-state index in [0.29, 0.717) is 37.7 Å². The summed E-state index contributed by atoms with van der Waals surface area (Å²) in [5.74, 6) is -0.0133. The van der Waals surface area contributed by atoms with Crippen molar-refractivity contribution < 1.29 is 14.3 Å². The number of hydrogen-bond acceptors (Lipinski definition) is 5. The molecule has 0 saturated carbocycles. The first-order valence-corrected chi connectivity index (χ1v) is 9.15. The van der Waals surface area contributed by atoms with Gasteiger partial charge < -0.3 is 14.5 Å². The van der Waals surface area contributed by atoms with Crippen LogP contribution in [-0.4, -0.2) is 59.6 Å². The van der Waals surface area contributed by atoms with Crippen LogP contribution in [0.3, 0.4) is 0 Å². The summed E-state index contributed by atoms with van der Waals surface area (Å²) in [6, 6.07) is 9.86. The van der Waals surface area contributed by atoms with E-state index in [2.05, 4.69) is 4.98 Å². The van der Waals surface area contributed by atoms with Gasteiger partial charge in [-0.25, -0.2) is 9.78 Å². The topological polar surface area (TPSA) is 62.7 Å². The summed E-state index contributed by atoms with van der Waals surface area (Å²) in [5.41, 5.74) is 1.77. The Labute approximate surface area is 151 Å². The second-order valence-corrected chi connectivity index (χ2v) is 6.78. The SMILES string of the molecule is CCOC(=O)N1CCN(C(=O)c2sc(-c3ccccc3)nc2C)CC1. The predicted molar refractivity (Wildman–Crippen MR) is 96.8 cm³/mol. The fourth-order valence-corrected chi connectivity index (χ4v) is 3.79. The molecule has 0 radical (unpaired) electrons. The van der Waals surface area contributed by atoms with Crippen LogP contribution in [0.1, 0.15) is 22.3 Å². The minimum atomic E-state index is -0.310. The van der Waals surface area contributed by atoms with Crippen LogP contribution in [-0.2, 0) is 4.74 Å². The van der Waals surface area contributed by atoms with Crippen LogP contribution in [0.4, 0.5) is 4.79 Å². The van der Waals surface area contributed by atoms with Crippen LogP contribution >= 0.6 is 11.3 Å². The first-order chi connectivity index (χ1) is 12.1. The van der Waals surface area contributed by atoms with Gasteiger partial charge in [-0.15, -0.1) is 11.3 Å². The van der Waals surface area contributed by atoms with E-state index in [1.54, 1.807) is 16.7 Å². The summed E-state index contributed by atoms with van der Waals surface area (Å²) < 4.78 is 5.01. The second kappa shape index (κ2) is 7.65. The number of aryl methyl sites for hydroxylation is 1. The Morgan fingerprint density at radius 1 is 1.12 bits per heavy atom. The number of rotatable bonds is 3. The third-order valence-corrected chi connectivity index (χ3v) is 5.30. The Morgan fingerprint density at radius 2 is 1.76 bits per heavy atom. The highest BCUT2D eigenvalue weighted by atomic mass is 32.1. The molecule has 1 fully saturated rings. The van der Waals surface area contributed by atoms with Gasteiger partial charge in [-0.2, -0.15) is 0 Å². The number of nitrogens with zero attached hydrogens (tertiary/aromatic N) is 3. The number of hydrogen-bond donors (Lipinski definition) is 0. The Hall–Kier alpha value is -2.41. The van der Waals surface area contributed by atoms with E-state index >= 15 is 0 Å². The number of piperazine rings is 1. The van der Waals surface area contributed by atoms with Crippen LogP contribution < -0.4 is 0 Å². The summed E-state index contributed by atoms with van der Waals surface area (Å²) in [4.78, 5) is 33.2. The van der Waals surface area contributed by atoms with Crippen molar-refractivity contribution in [1.82, 2.24) is 14.8 Å². The van der Waals surface area contributed by atoms with E-state index in [4.69, 9.17) is 4.74 Å². The zero-order valence-electron chi connectivity index (χ0n) is 14.4. The maximum absolute atomic E-state index is 12.8. The molecule has 0 atom stereocenters. The molecule has 1 aliphatic heterocycles. The highest BCUT2D eigenvalue weighted by Crippen LogP contribution is 2.28. The molecule has 0 spiro atoms. The van der Waals surface area contributed by atoms with Crippen molar-refractivity contribution in [2.45, 2.75) is 13.8 Å². The summed E-state index contributed by atoms with van der Waals surface area (Å²) in [5, 5.41) is 0.853. The zero-order chi connectivity index (χ0) is 17.8. The largest absolute Gasteiger partial charge is 0.450 e. The lowest BCUT2D eigenvalue weighted by molar-refractivity contribution is 0.0573. The number of thiazole rings is 1. The van der Waals surface area contributed by atoms with Gasteiger partial charge in [0.05, 0.1) is 12.3 Å². The van der Waals surface area contributed by atoms with E-state index in [1.807, 2.05) is 37.3 Å². The molecule has 0 bridgehead atoms. The molecule has 25 heavy (non-hydrogen) atoms. The summed E-state index contributed by atoms with van der Waals surface area (Å²) in [6.45, 7) is 6.02. The van der Waals surface area contributed by atoms with Crippen molar-refractivity contribution in [3.05, 3.63) is 40.9 Å². The average molecular weight is 359 g/mol. The number of amides is 2. The molecule has 6 nitrogen and oxygen atoms in total. The predicted octanol–water partition coefficient (Wildman–Crippen LogP) is 3.03. The Morgan fingerprint density at radius 3 is 2.40 bits per heavy atom. The van der Waals surface area contributed by atoms with Crippen molar-refractivity contribution in [2.75, 3.05) is 32.8 Å². The van der Waals surface area contributed by atoms with Crippen molar-refractivity contribution in [2.24, 2.45) is 0 Å².